The predicted molar refractivity (Wildman–Crippen MR) is 117 cm³/mol. The molecular formula is C17H19IN8OS. The van der Waals surface area contributed by atoms with E-state index in [0.717, 1.165) is 39.8 Å². The number of H-pyrrole nitrogens is 1. The maximum atomic E-state index is 5.66. The zero-order valence-electron chi connectivity index (χ0n) is 15.4. The fourth-order valence-corrected chi connectivity index (χ4v) is 3.57. The molecule has 4 heterocycles. The van der Waals surface area contributed by atoms with Crippen LogP contribution in [0.2, 0.25) is 0 Å². The second kappa shape index (κ2) is 8.51. The van der Waals surface area contributed by atoms with Gasteiger partial charge in [-0.2, -0.15) is 9.47 Å². The lowest BCUT2D eigenvalue weighted by molar-refractivity contribution is 0.115. The SMILES string of the molecule is Cc1cn2c(-c3cn[nH]c3)cnc2c(Nc2cc(COCCN(C)I)ns2)n1. The predicted octanol–water partition coefficient (Wildman–Crippen LogP) is 3.43. The lowest BCUT2D eigenvalue weighted by atomic mass is 10.3. The summed E-state index contributed by atoms with van der Waals surface area (Å²) in [4.78, 5) is 9.17. The van der Waals surface area contributed by atoms with Gasteiger partial charge in [0.25, 0.3) is 0 Å². The minimum absolute atomic E-state index is 0.493. The van der Waals surface area contributed by atoms with Gasteiger partial charge in [-0.1, -0.05) is 0 Å². The summed E-state index contributed by atoms with van der Waals surface area (Å²) in [6, 6.07) is 1.98. The molecule has 0 saturated heterocycles. The molecule has 146 valence electrons. The minimum Gasteiger partial charge on any atom is -0.374 e. The number of halogens is 1. The van der Waals surface area contributed by atoms with Gasteiger partial charge in [0, 0.05) is 47.4 Å². The summed E-state index contributed by atoms with van der Waals surface area (Å²) in [5.74, 6) is 0.692. The first-order valence-electron chi connectivity index (χ1n) is 8.61. The van der Waals surface area contributed by atoms with Crippen molar-refractivity contribution in [1.82, 2.24) is 32.1 Å². The van der Waals surface area contributed by atoms with Gasteiger partial charge in [0.1, 0.15) is 5.00 Å². The first-order chi connectivity index (χ1) is 13.6. The Bertz CT molecular complexity index is 1060. The van der Waals surface area contributed by atoms with Crippen molar-refractivity contribution in [2.45, 2.75) is 13.5 Å². The number of aromatic amines is 1. The highest BCUT2D eigenvalue weighted by atomic mass is 127. The molecule has 4 aromatic rings. The minimum atomic E-state index is 0.493. The third-order valence-corrected chi connectivity index (χ3v) is 5.23. The van der Waals surface area contributed by atoms with E-state index in [1.54, 1.807) is 6.20 Å². The lowest BCUT2D eigenvalue weighted by Gasteiger charge is -2.07. The molecule has 0 saturated carbocycles. The monoisotopic (exact) mass is 510 g/mol. The number of fused-ring (bicyclic) bond motifs is 1. The molecule has 28 heavy (non-hydrogen) atoms. The highest BCUT2D eigenvalue weighted by Gasteiger charge is 2.13. The Morgan fingerprint density at radius 1 is 1.39 bits per heavy atom. The van der Waals surface area contributed by atoms with Crippen molar-refractivity contribution in [2.24, 2.45) is 0 Å². The molecule has 9 nitrogen and oxygen atoms in total. The maximum Gasteiger partial charge on any atom is 0.180 e. The van der Waals surface area contributed by atoms with Crippen LogP contribution in [-0.2, 0) is 11.3 Å². The van der Waals surface area contributed by atoms with Crippen LogP contribution < -0.4 is 5.32 Å². The van der Waals surface area contributed by atoms with Crippen molar-refractivity contribution in [3.05, 3.63) is 42.2 Å². The molecular weight excluding hydrogens is 491 g/mol. The van der Waals surface area contributed by atoms with Crippen molar-refractivity contribution < 1.29 is 4.74 Å². The fourth-order valence-electron chi connectivity index (χ4n) is 2.72. The molecule has 0 aliphatic rings. The molecule has 4 aromatic heterocycles. The van der Waals surface area contributed by atoms with Crippen LogP contribution >= 0.6 is 34.4 Å². The summed E-state index contributed by atoms with van der Waals surface area (Å²) < 4.78 is 14.2. The normalized spacial score (nSPS) is 11.6. The van der Waals surface area contributed by atoms with Crippen LogP contribution in [0.1, 0.15) is 11.4 Å². The van der Waals surface area contributed by atoms with Crippen LogP contribution in [-0.4, -0.2) is 52.3 Å². The van der Waals surface area contributed by atoms with Gasteiger partial charge in [-0.05, 0) is 31.6 Å². The molecule has 0 radical (unpaired) electrons. The Morgan fingerprint density at radius 3 is 3.07 bits per heavy atom. The number of nitrogens with zero attached hydrogens (tertiary/aromatic N) is 6. The molecule has 0 amide bonds. The molecule has 2 N–H and O–H groups in total. The van der Waals surface area contributed by atoms with Crippen LogP contribution in [0.25, 0.3) is 16.9 Å². The Morgan fingerprint density at radius 2 is 2.29 bits per heavy atom. The first-order valence-corrected chi connectivity index (χ1v) is 10.3. The van der Waals surface area contributed by atoms with E-state index in [1.807, 2.05) is 43.0 Å². The molecule has 4 rings (SSSR count). The van der Waals surface area contributed by atoms with Gasteiger partial charge < -0.3 is 10.1 Å². The quantitative estimate of drug-likeness (QED) is 0.213. The smallest absolute Gasteiger partial charge is 0.180 e. The Balaban J connectivity index is 1.52. The summed E-state index contributed by atoms with van der Waals surface area (Å²) in [5, 5.41) is 11.1. The molecule has 0 atom stereocenters. The topological polar surface area (TPSA) is 96.3 Å². The van der Waals surface area contributed by atoms with Gasteiger partial charge in [-0.25, -0.2) is 13.1 Å². The number of likely N-dealkylation sites (N-methyl/N-ethyl adjacent to an activating group) is 1. The molecule has 0 fully saturated rings. The van der Waals surface area contributed by atoms with Crippen molar-refractivity contribution in [2.75, 3.05) is 25.5 Å². The molecule has 0 bridgehead atoms. The van der Waals surface area contributed by atoms with Gasteiger partial charge in [0.2, 0.25) is 0 Å². The van der Waals surface area contributed by atoms with Crippen molar-refractivity contribution in [3.63, 3.8) is 0 Å². The average Bonchev–Trinajstić information content (AvgIpc) is 3.39. The molecule has 0 unspecified atom stereocenters. The standard InChI is InChI=1S/C17H19IN8OS/c1-11-9-26-14(12-6-20-21-7-12)8-19-17(26)16(22-11)23-15-5-13(24-28-15)10-27-4-3-25(2)18/h5-9H,3-4,10H2,1-2H3,(H,20,21)(H,22,23). The van der Waals surface area contributed by atoms with E-state index >= 15 is 0 Å². The number of nitrogens with one attached hydrogen (secondary N) is 2. The van der Waals surface area contributed by atoms with E-state index in [2.05, 4.69) is 55.8 Å². The molecule has 11 heteroatoms. The summed E-state index contributed by atoms with van der Waals surface area (Å²) in [7, 11) is 2.01. The van der Waals surface area contributed by atoms with Gasteiger partial charge in [-0.15, -0.1) is 0 Å². The lowest BCUT2D eigenvalue weighted by Crippen LogP contribution is -2.12. The summed E-state index contributed by atoms with van der Waals surface area (Å²) in [5.41, 5.74) is 4.45. The number of anilines is 2. The molecule has 0 aromatic carbocycles. The van der Waals surface area contributed by atoms with E-state index < -0.39 is 0 Å². The third-order valence-electron chi connectivity index (χ3n) is 4.00. The van der Waals surface area contributed by atoms with Crippen LogP contribution in [0.15, 0.2) is 30.9 Å². The average molecular weight is 510 g/mol. The third kappa shape index (κ3) is 4.32. The Hall–Kier alpha value is -2.09. The summed E-state index contributed by atoms with van der Waals surface area (Å²) in [6.07, 6.45) is 7.41. The van der Waals surface area contributed by atoms with Crippen LogP contribution in [0.5, 0.6) is 0 Å². The zero-order valence-corrected chi connectivity index (χ0v) is 18.4. The molecule has 0 aliphatic heterocycles. The number of aromatic nitrogens is 6. The van der Waals surface area contributed by atoms with Crippen molar-refractivity contribution in [1.29, 1.82) is 0 Å². The number of aryl methyl sites for hydroxylation is 1. The van der Waals surface area contributed by atoms with Crippen molar-refractivity contribution in [3.8, 4) is 11.3 Å². The second-order valence-electron chi connectivity index (χ2n) is 6.24. The highest BCUT2D eigenvalue weighted by Crippen LogP contribution is 2.27. The van der Waals surface area contributed by atoms with E-state index in [0.29, 0.717) is 19.0 Å². The first kappa shape index (κ1) is 19.2. The number of imidazole rings is 1. The van der Waals surface area contributed by atoms with E-state index in [9.17, 15) is 0 Å². The maximum absolute atomic E-state index is 5.66. The van der Waals surface area contributed by atoms with Gasteiger partial charge in [-0.3, -0.25) is 9.50 Å². The van der Waals surface area contributed by atoms with Crippen molar-refractivity contribution >= 4 is 50.9 Å². The van der Waals surface area contributed by atoms with Gasteiger partial charge >= 0.3 is 0 Å². The van der Waals surface area contributed by atoms with E-state index in [1.165, 1.54) is 11.5 Å². The largest absolute Gasteiger partial charge is 0.374 e. The molecule has 0 aliphatic carbocycles. The number of ether oxygens (including phenoxy) is 1. The fraction of sp³-hybridized carbons (Fsp3) is 0.294. The second-order valence-corrected chi connectivity index (χ2v) is 8.70. The summed E-state index contributed by atoms with van der Waals surface area (Å²) >= 11 is 3.62. The van der Waals surface area contributed by atoms with E-state index in [4.69, 9.17) is 4.74 Å². The van der Waals surface area contributed by atoms with E-state index in [-0.39, 0.29) is 0 Å². The number of rotatable bonds is 8. The zero-order chi connectivity index (χ0) is 19.5. The summed E-state index contributed by atoms with van der Waals surface area (Å²) in [6.45, 7) is 4.00. The molecule has 0 spiro atoms. The Labute approximate surface area is 179 Å². The van der Waals surface area contributed by atoms with Gasteiger partial charge in [0.05, 0.1) is 42.7 Å². The number of hydrogen-bond donors (Lipinski definition) is 2. The highest BCUT2D eigenvalue weighted by molar-refractivity contribution is 14.1. The van der Waals surface area contributed by atoms with Crippen LogP contribution in [0, 0.1) is 6.92 Å². The van der Waals surface area contributed by atoms with Crippen LogP contribution in [0.3, 0.4) is 0 Å². The van der Waals surface area contributed by atoms with Crippen LogP contribution in [0.4, 0.5) is 10.8 Å². The Kier molecular flexibility index (Phi) is 5.85. The number of hydrogen-bond acceptors (Lipinski definition) is 8. The van der Waals surface area contributed by atoms with Gasteiger partial charge in [0.15, 0.2) is 11.5 Å².